The van der Waals surface area contributed by atoms with E-state index in [-0.39, 0.29) is 0 Å². The molecule has 27 heavy (non-hydrogen) atoms. The van der Waals surface area contributed by atoms with Crippen molar-refractivity contribution in [3.05, 3.63) is 59.7 Å². The van der Waals surface area contributed by atoms with Crippen molar-refractivity contribution in [1.29, 1.82) is 0 Å². The monoisotopic (exact) mass is 381 g/mol. The van der Waals surface area contributed by atoms with E-state index in [9.17, 15) is 0 Å². The number of thiophene rings is 1. The standard InChI is InChI=1S/C17H15N5S.2C2H6/c1-18-13-3-2-4-14(9-13)21-16-17-20-10-15(12-5-8-23-11-12)22(17)7-6-19-16;2*1-2/h2-11,18H,1H3,(H,19,21);2*1-2H3. The van der Waals surface area contributed by atoms with Gasteiger partial charge >= 0.3 is 0 Å². The number of fused-ring (bicyclic) bond motifs is 1. The van der Waals surface area contributed by atoms with Gasteiger partial charge in [-0.25, -0.2) is 9.97 Å². The number of aromatic nitrogens is 3. The summed E-state index contributed by atoms with van der Waals surface area (Å²) in [5, 5.41) is 10.7. The quantitative estimate of drug-likeness (QED) is 0.436. The third kappa shape index (κ3) is 4.65. The van der Waals surface area contributed by atoms with Crippen LogP contribution in [0.2, 0.25) is 0 Å². The van der Waals surface area contributed by atoms with Gasteiger partial charge in [-0.05, 0) is 29.6 Å². The molecule has 0 aliphatic rings. The van der Waals surface area contributed by atoms with Crippen molar-refractivity contribution in [2.24, 2.45) is 0 Å². The molecule has 0 spiro atoms. The maximum absolute atomic E-state index is 4.54. The highest BCUT2D eigenvalue weighted by Gasteiger charge is 2.10. The van der Waals surface area contributed by atoms with Crippen molar-refractivity contribution in [3.8, 4) is 11.3 Å². The lowest BCUT2D eigenvalue weighted by atomic mass is 10.2. The number of imidazole rings is 1. The molecule has 0 bridgehead atoms. The highest BCUT2D eigenvalue weighted by molar-refractivity contribution is 7.08. The summed E-state index contributed by atoms with van der Waals surface area (Å²) in [6.07, 6.45) is 5.60. The predicted octanol–water partition coefficient (Wildman–Crippen LogP) is 6.30. The molecule has 0 aliphatic heterocycles. The highest BCUT2D eigenvalue weighted by atomic mass is 32.1. The largest absolute Gasteiger partial charge is 0.388 e. The zero-order valence-electron chi connectivity index (χ0n) is 16.5. The fraction of sp³-hybridized carbons (Fsp3) is 0.238. The van der Waals surface area contributed by atoms with Gasteiger partial charge in [0.25, 0.3) is 0 Å². The van der Waals surface area contributed by atoms with Crippen LogP contribution < -0.4 is 10.6 Å². The molecule has 0 radical (unpaired) electrons. The van der Waals surface area contributed by atoms with Crippen LogP contribution in [-0.4, -0.2) is 21.4 Å². The van der Waals surface area contributed by atoms with E-state index in [1.807, 2.05) is 71.4 Å². The van der Waals surface area contributed by atoms with Gasteiger partial charge in [-0.3, -0.25) is 4.40 Å². The first-order valence-electron chi connectivity index (χ1n) is 9.24. The number of benzene rings is 1. The van der Waals surface area contributed by atoms with E-state index in [1.54, 1.807) is 17.5 Å². The lowest BCUT2D eigenvalue weighted by Crippen LogP contribution is -1.99. The zero-order valence-corrected chi connectivity index (χ0v) is 17.3. The van der Waals surface area contributed by atoms with Gasteiger partial charge in [0, 0.05) is 41.8 Å². The molecule has 3 aromatic heterocycles. The SMILES string of the molecule is CC.CC.CNc1cccc(Nc2nccn3c(-c4ccsc4)cnc23)c1. The van der Waals surface area contributed by atoms with Gasteiger partial charge in [0.2, 0.25) is 0 Å². The van der Waals surface area contributed by atoms with Gasteiger partial charge in [-0.1, -0.05) is 33.8 Å². The van der Waals surface area contributed by atoms with Crippen molar-refractivity contribution >= 4 is 34.2 Å². The number of anilines is 3. The minimum atomic E-state index is 0.738. The number of hydrogen-bond donors (Lipinski definition) is 2. The summed E-state index contributed by atoms with van der Waals surface area (Å²) in [7, 11) is 1.90. The van der Waals surface area contributed by atoms with Gasteiger partial charge in [-0.2, -0.15) is 11.3 Å². The first-order chi connectivity index (χ1) is 13.3. The van der Waals surface area contributed by atoms with E-state index in [2.05, 4.69) is 41.8 Å². The summed E-state index contributed by atoms with van der Waals surface area (Å²) in [5.41, 5.74) is 5.05. The van der Waals surface area contributed by atoms with Crippen LogP contribution in [0, 0.1) is 0 Å². The highest BCUT2D eigenvalue weighted by Crippen LogP contribution is 2.27. The van der Waals surface area contributed by atoms with Gasteiger partial charge in [-0.15, -0.1) is 0 Å². The Labute approximate surface area is 165 Å². The molecule has 4 rings (SSSR count). The van der Waals surface area contributed by atoms with Crippen molar-refractivity contribution in [1.82, 2.24) is 14.4 Å². The molecule has 142 valence electrons. The molecule has 0 atom stereocenters. The molecule has 0 amide bonds. The fourth-order valence-electron chi connectivity index (χ4n) is 2.52. The summed E-state index contributed by atoms with van der Waals surface area (Å²) >= 11 is 1.68. The maximum atomic E-state index is 4.54. The Morgan fingerprint density at radius 1 is 1.00 bits per heavy atom. The van der Waals surface area contributed by atoms with E-state index < -0.39 is 0 Å². The smallest absolute Gasteiger partial charge is 0.180 e. The van der Waals surface area contributed by atoms with Crippen LogP contribution in [0.4, 0.5) is 17.2 Å². The predicted molar refractivity (Wildman–Crippen MR) is 118 cm³/mol. The normalized spacial score (nSPS) is 9.67. The number of nitrogens with one attached hydrogen (secondary N) is 2. The van der Waals surface area contributed by atoms with Crippen LogP contribution in [0.1, 0.15) is 27.7 Å². The third-order valence-corrected chi connectivity index (χ3v) is 4.34. The molecule has 3 heterocycles. The van der Waals surface area contributed by atoms with Gasteiger partial charge in [0.1, 0.15) is 0 Å². The van der Waals surface area contributed by atoms with Crippen LogP contribution in [-0.2, 0) is 0 Å². The minimum absolute atomic E-state index is 0.738. The summed E-state index contributed by atoms with van der Waals surface area (Å²) in [5.74, 6) is 0.738. The van der Waals surface area contributed by atoms with E-state index in [0.29, 0.717) is 0 Å². The van der Waals surface area contributed by atoms with Crippen LogP contribution in [0.3, 0.4) is 0 Å². The molecule has 0 saturated carbocycles. The second kappa shape index (κ2) is 10.3. The molecular formula is C21H27N5S. The minimum Gasteiger partial charge on any atom is -0.388 e. The van der Waals surface area contributed by atoms with Gasteiger partial charge < -0.3 is 10.6 Å². The van der Waals surface area contributed by atoms with Gasteiger partial charge in [0.05, 0.1) is 11.9 Å². The molecular weight excluding hydrogens is 354 g/mol. The van der Waals surface area contributed by atoms with Gasteiger partial charge in [0.15, 0.2) is 11.5 Å². The van der Waals surface area contributed by atoms with Crippen molar-refractivity contribution in [3.63, 3.8) is 0 Å². The Morgan fingerprint density at radius 2 is 1.78 bits per heavy atom. The van der Waals surface area contributed by atoms with Crippen LogP contribution >= 0.6 is 11.3 Å². The molecule has 6 heteroatoms. The van der Waals surface area contributed by atoms with Crippen LogP contribution in [0.15, 0.2) is 59.7 Å². The van der Waals surface area contributed by atoms with Crippen LogP contribution in [0.5, 0.6) is 0 Å². The second-order valence-electron chi connectivity index (χ2n) is 5.08. The number of rotatable bonds is 4. The summed E-state index contributed by atoms with van der Waals surface area (Å²) in [4.78, 5) is 8.98. The lowest BCUT2D eigenvalue weighted by Gasteiger charge is -2.09. The topological polar surface area (TPSA) is 54.2 Å². The first-order valence-corrected chi connectivity index (χ1v) is 10.2. The van der Waals surface area contributed by atoms with E-state index >= 15 is 0 Å². The lowest BCUT2D eigenvalue weighted by molar-refractivity contribution is 1.13. The maximum Gasteiger partial charge on any atom is 0.180 e. The fourth-order valence-corrected chi connectivity index (χ4v) is 3.17. The average molecular weight is 382 g/mol. The average Bonchev–Trinajstić information content (AvgIpc) is 3.41. The first kappa shape index (κ1) is 20.5. The number of nitrogens with zero attached hydrogens (tertiary/aromatic N) is 3. The number of hydrogen-bond acceptors (Lipinski definition) is 5. The molecule has 0 unspecified atom stereocenters. The molecule has 0 aliphatic carbocycles. The van der Waals surface area contributed by atoms with Crippen molar-refractivity contribution in [2.75, 3.05) is 17.7 Å². The van der Waals surface area contributed by atoms with E-state index in [0.717, 1.165) is 34.1 Å². The Kier molecular flexibility index (Phi) is 7.82. The Balaban J connectivity index is 0.000000614. The summed E-state index contributed by atoms with van der Waals surface area (Å²) in [6.45, 7) is 8.00. The van der Waals surface area contributed by atoms with Crippen molar-refractivity contribution in [2.45, 2.75) is 27.7 Å². The van der Waals surface area contributed by atoms with E-state index in [4.69, 9.17) is 0 Å². The van der Waals surface area contributed by atoms with Crippen molar-refractivity contribution < 1.29 is 0 Å². The molecule has 5 nitrogen and oxygen atoms in total. The van der Waals surface area contributed by atoms with E-state index in [1.165, 1.54) is 0 Å². The summed E-state index contributed by atoms with van der Waals surface area (Å²) in [6, 6.07) is 10.2. The molecule has 2 N–H and O–H groups in total. The third-order valence-electron chi connectivity index (χ3n) is 3.66. The second-order valence-corrected chi connectivity index (χ2v) is 5.86. The summed E-state index contributed by atoms with van der Waals surface area (Å²) < 4.78 is 2.05. The molecule has 0 fully saturated rings. The Morgan fingerprint density at radius 3 is 2.48 bits per heavy atom. The molecule has 0 saturated heterocycles. The zero-order chi connectivity index (χ0) is 19.6. The Bertz CT molecular complexity index is 944. The van der Waals surface area contributed by atoms with Crippen LogP contribution in [0.25, 0.3) is 16.9 Å². The Hall–Kier alpha value is -2.86. The molecule has 4 aromatic rings. The molecule has 1 aromatic carbocycles.